The van der Waals surface area contributed by atoms with Gasteiger partial charge in [-0.25, -0.2) is 4.79 Å². The summed E-state index contributed by atoms with van der Waals surface area (Å²) in [7, 11) is 0. The number of carboxylic acid groups (broad SMARTS) is 1. The average Bonchev–Trinajstić information content (AvgIpc) is 3.46. The highest BCUT2D eigenvalue weighted by Gasteiger charge is 2.50. The molecule has 0 radical (unpaired) electrons. The first-order chi connectivity index (χ1) is 38.6. The van der Waals surface area contributed by atoms with Crippen LogP contribution in [-0.4, -0.2) is 89.2 Å². The van der Waals surface area contributed by atoms with Crippen LogP contribution in [0.2, 0.25) is 0 Å². The van der Waals surface area contributed by atoms with Crippen molar-refractivity contribution in [1.29, 1.82) is 0 Å². The molecule has 0 saturated carbocycles. The average molecular weight is 1110 g/mol. The van der Waals surface area contributed by atoms with Crippen molar-refractivity contribution in [3.63, 3.8) is 0 Å². The van der Waals surface area contributed by atoms with Crippen molar-refractivity contribution in [1.82, 2.24) is 0 Å². The van der Waals surface area contributed by atoms with E-state index < -0.39 is 67.3 Å². The van der Waals surface area contributed by atoms with E-state index in [4.69, 9.17) is 23.7 Å². The van der Waals surface area contributed by atoms with E-state index in [1.165, 1.54) is 64.2 Å². The second kappa shape index (κ2) is 54.0. The summed E-state index contributed by atoms with van der Waals surface area (Å²) < 4.78 is 28.4. The van der Waals surface area contributed by atoms with Crippen LogP contribution in [0.15, 0.2) is 109 Å². The summed E-state index contributed by atoms with van der Waals surface area (Å²) in [4.78, 5) is 51.2. The summed E-state index contributed by atoms with van der Waals surface area (Å²) in [6.45, 7) is 5.70. The highest BCUT2D eigenvalue weighted by atomic mass is 16.7. The monoisotopic (exact) mass is 1100 g/mol. The van der Waals surface area contributed by atoms with Crippen LogP contribution in [0.3, 0.4) is 0 Å². The topological polar surface area (TPSA) is 175 Å². The molecule has 1 saturated heterocycles. The Morgan fingerprint density at radius 1 is 0.430 bits per heavy atom. The zero-order chi connectivity index (χ0) is 57.5. The molecule has 0 amide bonds. The molecule has 448 valence electrons. The number of hydrogen-bond acceptors (Lipinski definition) is 11. The lowest BCUT2D eigenvalue weighted by atomic mass is 9.98. The quantitative estimate of drug-likeness (QED) is 0.0228. The third kappa shape index (κ3) is 43.8. The maximum absolute atomic E-state index is 13.2. The minimum atomic E-state index is -1.92. The Morgan fingerprint density at radius 3 is 1.25 bits per heavy atom. The number of rotatable bonds is 51. The van der Waals surface area contributed by atoms with Crippen LogP contribution in [0, 0.1) is 0 Å². The van der Waals surface area contributed by atoms with E-state index in [9.17, 15) is 34.5 Å². The van der Waals surface area contributed by atoms with Gasteiger partial charge in [0.2, 0.25) is 0 Å². The number of unbranched alkanes of at least 4 members (excludes halogenated alkanes) is 19. The molecule has 12 heteroatoms. The molecule has 0 spiro atoms. The van der Waals surface area contributed by atoms with Gasteiger partial charge >= 0.3 is 23.9 Å². The summed E-state index contributed by atoms with van der Waals surface area (Å²) in [5.74, 6) is -3.23. The molecule has 0 aliphatic carbocycles. The lowest BCUT2D eigenvalue weighted by molar-refractivity contribution is -0.301. The van der Waals surface area contributed by atoms with E-state index in [1.807, 2.05) is 6.08 Å². The third-order valence-electron chi connectivity index (χ3n) is 13.3. The summed E-state index contributed by atoms with van der Waals surface area (Å²) >= 11 is 0. The first kappa shape index (κ1) is 72.4. The fourth-order valence-corrected chi connectivity index (χ4v) is 8.69. The number of hydrogen-bond donors (Lipinski definition) is 3. The predicted octanol–water partition coefficient (Wildman–Crippen LogP) is 16.2. The molecule has 0 bridgehead atoms. The molecule has 1 rings (SSSR count). The van der Waals surface area contributed by atoms with Gasteiger partial charge in [-0.1, -0.05) is 233 Å². The number of aliphatic hydroxyl groups is 2. The molecular formula is C67H108O12. The van der Waals surface area contributed by atoms with Crippen LogP contribution in [0.1, 0.15) is 239 Å². The highest BCUT2D eigenvalue weighted by Crippen LogP contribution is 2.26. The highest BCUT2D eigenvalue weighted by molar-refractivity contribution is 5.74. The Bertz CT molecular complexity index is 1790. The van der Waals surface area contributed by atoms with Crippen LogP contribution in [0.4, 0.5) is 0 Å². The molecular weight excluding hydrogens is 997 g/mol. The Kier molecular flexibility index (Phi) is 49.5. The second-order valence-corrected chi connectivity index (χ2v) is 20.6. The van der Waals surface area contributed by atoms with Crippen molar-refractivity contribution < 1.29 is 58.2 Å². The summed E-state index contributed by atoms with van der Waals surface area (Å²) in [6, 6.07) is 0. The van der Waals surface area contributed by atoms with E-state index in [0.717, 1.165) is 109 Å². The fourth-order valence-electron chi connectivity index (χ4n) is 8.69. The number of carboxylic acids is 1. The first-order valence-electron chi connectivity index (χ1n) is 30.9. The second-order valence-electron chi connectivity index (χ2n) is 20.6. The molecule has 0 aromatic carbocycles. The largest absolute Gasteiger partial charge is 0.479 e. The minimum Gasteiger partial charge on any atom is -0.479 e. The van der Waals surface area contributed by atoms with E-state index in [2.05, 4.69) is 124 Å². The van der Waals surface area contributed by atoms with Crippen molar-refractivity contribution in [2.75, 3.05) is 13.2 Å². The fraction of sp³-hybridized carbons (Fsp3) is 0.672. The number of allylic oxidation sites excluding steroid dienone is 18. The zero-order valence-electron chi connectivity index (χ0n) is 49.3. The zero-order valence-corrected chi connectivity index (χ0v) is 49.3. The SMILES string of the molecule is CC/C=C\C/C=C\C/C=C\C/C=C\C/C=C\CCCC(=O)OCC(COC1OC(C(=O)O)C(O)C(O)C1OC(=O)CCCCCCCCCCCCCCCCC)OC(=O)CCCCCC/C=C\C/C=C\C/C=C\C/C=C\CC. The molecule has 0 aromatic rings. The van der Waals surface area contributed by atoms with Crippen molar-refractivity contribution in [3.8, 4) is 0 Å². The smallest absolute Gasteiger partial charge is 0.335 e. The molecule has 1 heterocycles. The van der Waals surface area contributed by atoms with Crippen LogP contribution in [-0.2, 0) is 42.9 Å². The lowest BCUT2D eigenvalue weighted by Gasteiger charge is -2.40. The van der Waals surface area contributed by atoms with Gasteiger partial charge in [0.05, 0.1) is 6.61 Å². The van der Waals surface area contributed by atoms with Gasteiger partial charge in [0.15, 0.2) is 24.6 Å². The van der Waals surface area contributed by atoms with Gasteiger partial charge in [-0.05, 0) is 96.3 Å². The summed E-state index contributed by atoms with van der Waals surface area (Å²) in [6.07, 6.45) is 60.6. The number of ether oxygens (including phenoxy) is 5. The molecule has 1 fully saturated rings. The van der Waals surface area contributed by atoms with E-state index in [0.29, 0.717) is 25.7 Å². The van der Waals surface area contributed by atoms with Crippen molar-refractivity contribution in [3.05, 3.63) is 109 Å². The van der Waals surface area contributed by atoms with Gasteiger partial charge in [0.1, 0.15) is 18.8 Å². The predicted molar refractivity (Wildman–Crippen MR) is 321 cm³/mol. The maximum atomic E-state index is 13.2. The van der Waals surface area contributed by atoms with Gasteiger partial charge in [0.25, 0.3) is 0 Å². The van der Waals surface area contributed by atoms with E-state index >= 15 is 0 Å². The van der Waals surface area contributed by atoms with Gasteiger partial charge in [-0.2, -0.15) is 0 Å². The minimum absolute atomic E-state index is 0.0500. The molecule has 1 aliphatic heterocycles. The molecule has 79 heavy (non-hydrogen) atoms. The lowest BCUT2D eigenvalue weighted by Crippen LogP contribution is -2.61. The van der Waals surface area contributed by atoms with Crippen LogP contribution < -0.4 is 0 Å². The van der Waals surface area contributed by atoms with Gasteiger partial charge in [-0.15, -0.1) is 0 Å². The number of esters is 3. The number of aliphatic hydroxyl groups excluding tert-OH is 2. The normalized spacial score (nSPS) is 18.6. The Balaban J connectivity index is 2.74. The standard InChI is InChI=1S/C67H108O12/c1-4-7-10-13-16-19-22-25-28-30-33-35-38-41-44-47-50-53-59(68)75-56-58(77-60(69)54-51-48-45-42-39-37-34-31-29-26-23-20-17-14-11-8-5-2)57-76-67-65(63(72)62(71)64(79-67)66(73)74)78-61(70)55-52-49-46-43-40-36-32-27-24-21-18-15-12-9-6-3/h7-8,10-11,16-17,19-20,25-26,28-29,33-35,37,41,44,58,62-65,67,71-72H,4-6,9,12-15,18,21-24,27,30-32,36,38-40,42-43,45-57H2,1-3H3,(H,73,74)/b10-7-,11-8-,19-16-,20-17-,28-25-,29-26-,35-33-,37-34-,44-41-. The molecule has 6 atom stereocenters. The van der Waals surface area contributed by atoms with Crippen molar-refractivity contribution in [2.24, 2.45) is 0 Å². The maximum Gasteiger partial charge on any atom is 0.335 e. The number of carbonyl (C=O) groups excluding carboxylic acids is 3. The molecule has 6 unspecified atom stereocenters. The Hall–Kier alpha value is -4.62. The van der Waals surface area contributed by atoms with Crippen LogP contribution in [0.5, 0.6) is 0 Å². The van der Waals surface area contributed by atoms with Gasteiger partial charge in [0, 0.05) is 19.3 Å². The molecule has 0 aromatic heterocycles. The Morgan fingerprint density at radius 2 is 0.810 bits per heavy atom. The Labute approximate surface area is 478 Å². The first-order valence-corrected chi connectivity index (χ1v) is 30.9. The van der Waals surface area contributed by atoms with Crippen molar-refractivity contribution >= 4 is 23.9 Å². The van der Waals surface area contributed by atoms with E-state index in [-0.39, 0.29) is 25.9 Å². The van der Waals surface area contributed by atoms with E-state index in [1.54, 1.807) is 0 Å². The molecule has 3 N–H and O–H groups in total. The number of aliphatic carboxylic acids is 1. The number of carbonyl (C=O) groups is 4. The van der Waals surface area contributed by atoms with Gasteiger partial charge < -0.3 is 39.0 Å². The summed E-state index contributed by atoms with van der Waals surface area (Å²) in [5.41, 5.74) is 0. The molecule has 1 aliphatic rings. The third-order valence-corrected chi connectivity index (χ3v) is 13.3. The van der Waals surface area contributed by atoms with Crippen molar-refractivity contribution in [2.45, 2.75) is 276 Å². The van der Waals surface area contributed by atoms with Crippen LogP contribution in [0.25, 0.3) is 0 Å². The molecule has 12 nitrogen and oxygen atoms in total. The van der Waals surface area contributed by atoms with Gasteiger partial charge in [-0.3, -0.25) is 14.4 Å². The summed E-state index contributed by atoms with van der Waals surface area (Å²) in [5, 5.41) is 31.5. The van der Waals surface area contributed by atoms with Crippen LogP contribution >= 0.6 is 0 Å².